The Hall–Kier alpha value is -0.930. The molecule has 1 aromatic carbocycles. The first-order valence-electron chi connectivity index (χ1n) is 6.16. The molecule has 0 amide bonds. The fourth-order valence-electron chi connectivity index (χ4n) is 2.00. The molecule has 2 nitrogen and oxygen atoms in total. The molecule has 0 saturated carbocycles. The van der Waals surface area contributed by atoms with E-state index < -0.39 is 0 Å². The van der Waals surface area contributed by atoms with Crippen LogP contribution in [0.1, 0.15) is 18.4 Å². The maximum atomic E-state index is 3.51. The van der Waals surface area contributed by atoms with Gasteiger partial charge in [0.05, 0.1) is 0 Å². The van der Waals surface area contributed by atoms with Gasteiger partial charge >= 0.3 is 0 Å². The molecule has 17 heavy (non-hydrogen) atoms. The number of nitrogens with one attached hydrogen (secondary N) is 2. The first kappa shape index (κ1) is 12.5. The molecule has 0 bridgehead atoms. The van der Waals surface area contributed by atoms with Crippen LogP contribution in [0.5, 0.6) is 0 Å². The van der Waals surface area contributed by atoms with Gasteiger partial charge in [0.1, 0.15) is 0 Å². The number of fused-ring (bicyclic) bond motifs is 1. The van der Waals surface area contributed by atoms with Crippen molar-refractivity contribution < 1.29 is 0 Å². The molecule has 3 heteroatoms. The van der Waals surface area contributed by atoms with Gasteiger partial charge in [-0.05, 0) is 43.0 Å². The van der Waals surface area contributed by atoms with E-state index in [-0.39, 0.29) is 0 Å². The summed E-state index contributed by atoms with van der Waals surface area (Å²) in [5.41, 5.74) is 2.59. The highest BCUT2D eigenvalue weighted by Crippen LogP contribution is 2.17. The predicted octanol–water partition coefficient (Wildman–Crippen LogP) is 3.40. The van der Waals surface area contributed by atoms with Crippen molar-refractivity contribution in [3.05, 3.63) is 36.0 Å². The van der Waals surface area contributed by atoms with E-state index in [9.17, 15) is 0 Å². The van der Waals surface area contributed by atoms with Crippen molar-refractivity contribution in [2.24, 2.45) is 0 Å². The standard InChI is InChI=1S/C14H20N2S/c1-17-9-5-4-8-15-10-12-11-16-14-7-3-2-6-13(12)14/h2-3,6-7,11,15-16H,4-5,8-10H2,1H3. The number of aromatic amines is 1. The predicted molar refractivity (Wildman–Crippen MR) is 77.6 cm³/mol. The SMILES string of the molecule is CSCCCCNCc1c[nH]c2ccccc12. The average Bonchev–Trinajstić information content (AvgIpc) is 2.77. The summed E-state index contributed by atoms with van der Waals surface area (Å²) in [7, 11) is 0. The van der Waals surface area contributed by atoms with Crippen molar-refractivity contribution in [3.8, 4) is 0 Å². The summed E-state index contributed by atoms with van der Waals surface area (Å²) in [5, 5.41) is 4.85. The Morgan fingerprint density at radius 3 is 3.00 bits per heavy atom. The quantitative estimate of drug-likeness (QED) is 0.735. The minimum Gasteiger partial charge on any atom is -0.361 e. The molecule has 2 N–H and O–H groups in total. The third-order valence-corrected chi connectivity index (χ3v) is 3.64. The van der Waals surface area contributed by atoms with E-state index in [1.165, 1.54) is 35.1 Å². The van der Waals surface area contributed by atoms with E-state index in [2.05, 4.69) is 47.0 Å². The van der Waals surface area contributed by atoms with Gasteiger partial charge in [0.15, 0.2) is 0 Å². The third kappa shape index (κ3) is 3.51. The molecule has 2 aromatic rings. The molecule has 0 unspecified atom stereocenters. The van der Waals surface area contributed by atoms with E-state index in [1.54, 1.807) is 0 Å². The second-order valence-electron chi connectivity index (χ2n) is 4.24. The average molecular weight is 248 g/mol. The number of H-pyrrole nitrogens is 1. The topological polar surface area (TPSA) is 27.8 Å². The van der Waals surface area contributed by atoms with Gasteiger partial charge in [-0.3, -0.25) is 0 Å². The van der Waals surface area contributed by atoms with Gasteiger partial charge in [-0.1, -0.05) is 18.2 Å². The lowest BCUT2D eigenvalue weighted by Crippen LogP contribution is -2.14. The molecule has 0 saturated heterocycles. The third-order valence-electron chi connectivity index (χ3n) is 2.94. The van der Waals surface area contributed by atoms with E-state index >= 15 is 0 Å². The van der Waals surface area contributed by atoms with Crippen LogP contribution >= 0.6 is 11.8 Å². The molecule has 0 atom stereocenters. The maximum absolute atomic E-state index is 3.51. The van der Waals surface area contributed by atoms with E-state index in [0.29, 0.717) is 0 Å². The van der Waals surface area contributed by atoms with Crippen LogP contribution < -0.4 is 5.32 Å². The molecule has 0 radical (unpaired) electrons. The summed E-state index contributed by atoms with van der Waals surface area (Å²) in [6.07, 6.45) is 6.85. The second kappa shape index (κ2) is 6.72. The minimum absolute atomic E-state index is 0.962. The second-order valence-corrected chi connectivity index (χ2v) is 5.22. The molecule has 0 aliphatic carbocycles. The maximum Gasteiger partial charge on any atom is 0.0457 e. The van der Waals surface area contributed by atoms with Gasteiger partial charge in [0, 0.05) is 23.6 Å². The lowest BCUT2D eigenvalue weighted by molar-refractivity contribution is 0.646. The molecule has 0 fully saturated rings. The number of rotatable bonds is 7. The van der Waals surface area contributed by atoms with Gasteiger partial charge in [0.2, 0.25) is 0 Å². The number of thioether (sulfide) groups is 1. The Balaban J connectivity index is 1.79. The molecule has 0 aliphatic heterocycles. The monoisotopic (exact) mass is 248 g/mol. The van der Waals surface area contributed by atoms with Crippen molar-refractivity contribution in [2.75, 3.05) is 18.6 Å². The number of hydrogen-bond donors (Lipinski definition) is 2. The Morgan fingerprint density at radius 2 is 2.12 bits per heavy atom. The van der Waals surface area contributed by atoms with Crippen molar-refractivity contribution in [2.45, 2.75) is 19.4 Å². The van der Waals surface area contributed by atoms with Gasteiger partial charge in [-0.25, -0.2) is 0 Å². The van der Waals surface area contributed by atoms with Crippen molar-refractivity contribution in [1.82, 2.24) is 10.3 Å². The minimum atomic E-state index is 0.962. The Labute approximate surface area is 107 Å². The van der Waals surface area contributed by atoms with Crippen LogP contribution in [0, 0.1) is 0 Å². The smallest absolute Gasteiger partial charge is 0.0457 e. The molecular formula is C14H20N2S. The van der Waals surface area contributed by atoms with Gasteiger partial charge in [0.25, 0.3) is 0 Å². The van der Waals surface area contributed by atoms with E-state index in [0.717, 1.165) is 13.1 Å². The van der Waals surface area contributed by atoms with E-state index in [4.69, 9.17) is 0 Å². The summed E-state index contributed by atoms with van der Waals surface area (Å²) in [5.74, 6) is 1.27. The van der Waals surface area contributed by atoms with Gasteiger partial charge in [-0.15, -0.1) is 0 Å². The number of benzene rings is 1. The normalized spacial score (nSPS) is 11.1. The number of hydrogen-bond acceptors (Lipinski definition) is 2. The number of aromatic nitrogens is 1. The summed E-state index contributed by atoms with van der Waals surface area (Å²) < 4.78 is 0. The van der Waals surface area contributed by atoms with Crippen LogP contribution in [0.3, 0.4) is 0 Å². The highest BCUT2D eigenvalue weighted by Gasteiger charge is 2.01. The van der Waals surface area contributed by atoms with Crippen LogP contribution in [0.2, 0.25) is 0 Å². The molecule has 92 valence electrons. The molecular weight excluding hydrogens is 228 g/mol. The lowest BCUT2D eigenvalue weighted by atomic mass is 10.2. The Bertz CT molecular complexity index is 450. The largest absolute Gasteiger partial charge is 0.361 e. The molecule has 2 rings (SSSR count). The van der Waals surface area contributed by atoms with E-state index in [1.807, 2.05) is 11.8 Å². The summed E-state index contributed by atoms with van der Waals surface area (Å²) in [6.45, 7) is 2.07. The summed E-state index contributed by atoms with van der Waals surface area (Å²) in [6, 6.07) is 8.46. The van der Waals surface area contributed by atoms with Crippen molar-refractivity contribution in [1.29, 1.82) is 0 Å². The van der Waals surface area contributed by atoms with Crippen molar-refractivity contribution in [3.63, 3.8) is 0 Å². The van der Waals surface area contributed by atoms with Crippen LogP contribution in [-0.2, 0) is 6.54 Å². The fraction of sp³-hybridized carbons (Fsp3) is 0.429. The zero-order valence-electron chi connectivity index (χ0n) is 10.3. The highest BCUT2D eigenvalue weighted by molar-refractivity contribution is 7.98. The summed E-state index contributed by atoms with van der Waals surface area (Å²) in [4.78, 5) is 3.31. The zero-order chi connectivity index (χ0) is 11.9. The fourth-order valence-corrected chi connectivity index (χ4v) is 2.49. The van der Waals surface area contributed by atoms with Crippen molar-refractivity contribution >= 4 is 22.7 Å². The van der Waals surface area contributed by atoms with Gasteiger partial charge in [-0.2, -0.15) is 11.8 Å². The molecule has 0 aliphatic rings. The van der Waals surface area contributed by atoms with Crippen LogP contribution in [0.15, 0.2) is 30.5 Å². The molecule has 1 heterocycles. The first-order chi connectivity index (χ1) is 8.42. The number of para-hydroxylation sites is 1. The zero-order valence-corrected chi connectivity index (χ0v) is 11.1. The number of unbranched alkanes of at least 4 members (excludes halogenated alkanes) is 1. The van der Waals surface area contributed by atoms with Crippen LogP contribution in [-0.4, -0.2) is 23.5 Å². The molecule has 0 spiro atoms. The van der Waals surface area contributed by atoms with Crippen LogP contribution in [0.25, 0.3) is 10.9 Å². The first-order valence-corrected chi connectivity index (χ1v) is 7.56. The Morgan fingerprint density at radius 1 is 1.24 bits per heavy atom. The van der Waals surface area contributed by atoms with Crippen LogP contribution in [0.4, 0.5) is 0 Å². The molecule has 1 aromatic heterocycles. The summed E-state index contributed by atoms with van der Waals surface area (Å²) >= 11 is 1.93. The lowest BCUT2D eigenvalue weighted by Gasteiger charge is -2.03. The Kier molecular flexibility index (Phi) is 4.95. The highest BCUT2D eigenvalue weighted by atomic mass is 32.2. The van der Waals surface area contributed by atoms with Gasteiger partial charge < -0.3 is 10.3 Å².